The lowest BCUT2D eigenvalue weighted by molar-refractivity contribution is 0.410. The largest absolute Gasteiger partial charge is 0.316 e. The molecule has 1 aliphatic rings. The van der Waals surface area contributed by atoms with Crippen LogP contribution in [0.3, 0.4) is 0 Å². The molecule has 0 aromatic carbocycles. The molecular formula is C7H16NP. The highest BCUT2D eigenvalue weighted by Gasteiger charge is 2.10. The van der Waals surface area contributed by atoms with Crippen molar-refractivity contribution in [1.29, 1.82) is 0 Å². The fraction of sp³-hybridized carbons (Fsp3) is 1.00. The quantitative estimate of drug-likeness (QED) is 0.577. The number of piperidine rings is 1. The molecule has 0 radical (unpaired) electrons. The lowest BCUT2D eigenvalue weighted by Gasteiger charge is -2.21. The van der Waals surface area contributed by atoms with Crippen molar-refractivity contribution >= 4 is 8.58 Å². The van der Waals surface area contributed by atoms with E-state index in [1.165, 1.54) is 32.1 Å². The maximum Gasteiger partial charge on any atom is -0.00172 e. The summed E-state index contributed by atoms with van der Waals surface area (Å²) in [7, 11) is 1.15. The van der Waals surface area contributed by atoms with Gasteiger partial charge in [0, 0.05) is 0 Å². The molecule has 1 saturated heterocycles. The van der Waals surface area contributed by atoms with Gasteiger partial charge in [-0.3, -0.25) is 0 Å². The zero-order valence-electron chi connectivity index (χ0n) is 6.11. The van der Waals surface area contributed by atoms with E-state index >= 15 is 0 Å². The molecule has 2 atom stereocenters. The average Bonchev–Trinajstić information content (AvgIpc) is 1.91. The Balaban J connectivity index is 2.08. The third-order valence-electron chi connectivity index (χ3n) is 1.89. The third-order valence-corrected chi connectivity index (χ3v) is 2.88. The molecule has 2 unspecified atom stereocenters. The Morgan fingerprint density at radius 3 is 3.11 bits per heavy atom. The summed E-state index contributed by atoms with van der Waals surface area (Å²) < 4.78 is 0. The first-order valence-corrected chi connectivity index (χ1v) is 5.49. The van der Waals surface area contributed by atoms with E-state index in [0.717, 1.165) is 14.5 Å². The minimum Gasteiger partial charge on any atom is -0.316 e. The van der Waals surface area contributed by atoms with Crippen LogP contribution >= 0.6 is 8.58 Å². The molecule has 0 aromatic rings. The first kappa shape index (κ1) is 7.50. The summed E-state index contributed by atoms with van der Waals surface area (Å²) >= 11 is 0. The van der Waals surface area contributed by atoms with Gasteiger partial charge < -0.3 is 5.32 Å². The molecule has 2 heteroatoms. The SMILES string of the molecule is CPCC1CCCNC1. The minimum atomic E-state index is 1.00. The van der Waals surface area contributed by atoms with Crippen LogP contribution in [0.1, 0.15) is 12.8 Å². The predicted molar refractivity (Wildman–Crippen MR) is 44.7 cm³/mol. The Bertz CT molecular complexity index is 66.6. The van der Waals surface area contributed by atoms with Crippen molar-refractivity contribution in [3.05, 3.63) is 0 Å². The van der Waals surface area contributed by atoms with E-state index in [4.69, 9.17) is 0 Å². The van der Waals surface area contributed by atoms with E-state index in [9.17, 15) is 0 Å². The first-order valence-electron chi connectivity index (χ1n) is 3.79. The van der Waals surface area contributed by atoms with E-state index in [-0.39, 0.29) is 0 Å². The van der Waals surface area contributed by atoms with Gasteiger partial charge in [-0.1, -0.05) is 0 Å². The van der Waals surface area contributed by atoms with Gasteiger partial charge in [0.1, 0.15) is 0 Å². The van der Waals surface area contributed by atoms with Crippen LogP contribution in [0.15, 0.2) is 0 Å². The highest BCUT2D eigenvalue weighted by Crippen LogP contribution is 2.17. The molecule has 1 fully saturated rings. The maximum absolute atomic E-state index is 3.42. The van der Waals surface area contributed by atoms with E-state index in [2.05, 4.69) is 12.0 Å². The van der Waals surface area contributed by atoms with Crippen molar-refractivity contribution in [1.82, 2.24) is 5.32 Å². The van der Waals surface area contributed by atoms with Crippen molar-refractivity contribution < 1.29 is 0 Å². The zero-order valence-corrected chi connectivity index (χ0v) is 7.11. The van der Waals surface area contributed by atoms with Crippen molar-refractivity contribution in [2.24, 2.45) is 5.92 Å². The van der Waals surface area contributed by atoms with E-state index < -0.39 is 0 Å². The Morgan fingerprint density at radius 1 is 1.67 bits per heavy atom. The van der Waals surface area contributed by atoms with Crippen LogP contribution < -0.4 is 5.32 Å². The summed E-state index contributed by atoms with van der Waals surface area (Å²) in [5.41, 5.74) is 0. The lowest BCUT2D eigenvalue weighted by Crippen LogP contribution is -2.30. The van der Waals surface area contributed by atoms with Gasteiger partial charge in [0.2, 0.25) is 0 Å². The third kappa shape index (κ3) is 2.64. The molecule has 0 aliphatic carbocycles. The Labute approximate surface area is 59.4 Å². The summed E-state index contributed by atoms with van der Waals surface area (Å²) in [4.78, 5) is 0. The molecule has 0 saturated carbocycles. The smallest absolute Gasteiger partial charge is 0.00172 e. The molecule has 1 aliphatic heterocycles. The van der Waals surface area contributed by atoms with Crippen molar-refractivity contribution in [2.45, 2.75) is 12.8 Å². The summed E-state index contributed by atoms with van der Waals surface area (Å²) in [5, 5.41) is 3.42. The summed E-state index contributed by atoms with van der Waals surface area (Å²) in [6.45, 7) is 4.83. The summed E-state index contributed by atoms with van der Waals surface area (Å²) in [6.07, 6.45) is 4.32. The van der Waals surface area contributed by atoms with Gasteiger partial charge >= 0.3 is 0 Å². The van der Waals surface area contributed by atoms with Crippen LogP contribution in [0.4, 0.5) is 0 Å². The van der Waals surface area contributed by atoms with Gasteiger partial charge in [-0.2, -0.15) is 0 Å². The number of hydrogen-bond acceptors (Lipinski definition) is 1. The molecular weight excluding hydrogens is 129 g/mol. The maximum atomic E-state index is 3.42. The Hall–Kier alpha value is 0.390. The topological polar surface area (TPSA) is 12.0 Å². The second kappa shape index (κ2) is 4.24. The molecule has 0 bridgehead atoms. The first-order chi connectivity index (χ1) is 4.43. The summed E-state index contributed by atoms with van der Waals surface area (Å²) in [5.74, 6) is 1.00. The highest BCUT2D eigenvalue weighted by atomic mass is 31.1. The Kier molecular flexibility index (Phi) is 3.54. The molecule has 1 heterocycles. The molecule has 0 spiro atoms. The fourth-order valence-corrected chi connectivity index (χ4v) is 2.31. The van der Waals surface area contributed by atoms with E-state index in [1.807, 2.05) is 0 Å². The number of hydrogen-bond donors (Lipinski definition) is 1. The van der Waals surface area contributed by atoms with Gasteiger partial charge in [-0.25, -0.2) is 0 Å². The second-order valence-electron chi connectivity index (χ2n) is 2.77. The van der Waals surface area contributed by atoms with E-state index in [1.54, 1.807) is 0 Å². The van der Waals surface area contributed by atoms with Crippen LogP contribution in [-0.4, -0.2) is 25.9 Å². The van der Waals surface area contributed by atoms with Gasteiger partial charge in [0.05, 0.1) is 0 Å². The van der Waals surface area contributed by atoms with Crippen molar-refractivity contribution in [3.8, 4) is 0 Å². The van der Waals surface area contributed by atoms with Gasteiger partial charge in [0.25, 0.3) is 0 Å². The van der Waals surface area contributed by atoms with Crippen LogP contribution in [-0.2, 0) is 0 Å². The van der Waals surface area contributed by atoms with Crippen LogP contribution in [0.25, 0.3) is 0 Å². The number of rotatable bonds is 2. The van der Waals surface area contributed by atoms with Crippen LogP contribution in [0.2, 0.25) is 0 Å². The zero-order chi connectivity index (χ0) is 6.53. The lowest BCUT2D eigenvalue weighted by atomic mass is 10.0. The molecule has 0 aromatic heterocycles. The molecule has 9 heavy (non-hydrogen) atoms. The van der Waals surface area contributed by atoms with Crippen LogP contribution in [0.5, 0.6) is 0 Å². The van der Waals surface area contributed by atoms with Gasteiger partial charge in [-0.15, -0.1) is 8.58 Å². The molecule has 54 valence electrons. The number of nitrogens with one attached hydrogen (secondary N) is 1. The van der Waals surface area contributed by atoms with Crippen LogP contribution in [0, 0.1) is 5.92 Å². The molecule has 0 amide bonds. The standard InChI is InChI=1S/C7H16NP/c1-9-6-7-3-2-4-8-5-7/h7-9H,2-6H2,1H3. The van der Waals surface area contributed by atoms with Crippen molar-refractivity contribution in [3.63, 3.8) is 0 Å². The molecule has 1 nitrogen and oxygen atoms in total. The average molecular weight is 145 g/mol. The van der Waals surface area contributed by atoms with Gasteiger partial charge in [0.15, 0.2) is 0 Å². The van der Waals surface area contributed by atoms with Crippen molar-refractivity contribution in [2.75, 3.05) is 25.9 Å². The summed E-state index contributed by atoms with van der Waals surface area (Å²) in [6, 6.07) is 0. The Morgan fingerprint density at radius 2 is 2.56 bits per heavy atom. The highest BCUT2D eigenvalue weighted by molar-refractivity contribution is 7.36. The second-order valence-corrected chi connectivity index (χ2v) is 3.89. The monoisotopic (exact) mass is 145 g/mol. The fourth-order valence-electron chi connectivity index (χ4n) is 1.39. The van der Waals surface area contributed by atoms with E-state index in [0.29, 0.717) is 0 Å². The minimum absolute atomic E-state index is 1.00. The normalized spacial score (nSPS) is 29.7. The molecule has 1 rings (SSSR count). The van der Waals surface area contributed by atoms with Gasteiger partial charge in [-0.05, 0) is 44.7 Å². The predicted octanol–water partition coefficient (Wildman–Crippen LogP) is 1.29. The molecule has 1 N–H and O–H groups in total.